The molecule has 2 amide bonds. The number of halogens is 2. The van der Waals surface area contributed by atoms with Crippen molar-refractivity contribution in [1.82, 2.24) is 4.90 Å². The number of nitrogens with zero attached hydrogens (tertiary/aromatic N) is 3. The molecule has 1 heterocycles. The van der Waals surface area contributed by atoms with E-state index in [0.29, 0.717) is 28.6 Å². The minimum atomic E-state index is -4.90. The topological polar surface area (TPSA) is 111 Å². The van der Waals surface area contributed by atoms with Crippen LogP contribution >= 0.6 is 11.6 Å². The van der Waals surface area contributed by atoms with Crippen molar-refractivity contribution in [3.05, 3.63) is 113 Å². The molecule has 0 aliphatic heterocycles. The van der Waals surface area contributed by atoms with E-state index in [0.717, 1.165) is 0 Å². The maximum absolute atomic E-state index is 14.6. The number of furan rings is 1. The summed E-state index contributed by atoms with van der Waals surface area (Å²) in [6, 6.07) is 19.1. The van der Waals surface area contributed by atoms with E-state index in [1.807, 2.05) is 6.92 Å². The zero-order chi connectivity index (χ0) is 30.4. The number of hydrogen-bond acceptors (Lipinski definition) is 5. The Morgan fingerprint density at radius 3 is 2.26 bits per heavy atom. The Labute approximate surface area is 248 Å². The second-order valence-electron chi connectivity index (χ2n) is 9.45. The lowest BCUT2D eigenvalue weighted by atomic mass is 10.1. The quantitative estimate of drug-likeness (QED) is 0.190. The molecule has 0 spiro atoms. The zero-order valence-corrected chi connectivity index (χ0v) is 24.5. The number of carbonyl (C=O) groups excluding carboxylic acids is 2. The van der Waals surface area contributed by atoms with Gasteiger partial charge in [-0.2, -0.15) is 8.42 Å². The van der Waals surface area contributed by atoms with E-state index in [2.05, 4.69) is 0 Å². The van der Waals surface area contributed by atoms with Gasteiger partial charge < -0.3 is 14.2 Å². The molecule has 0 aliphatic carbocycles. The van der Waals surface area contributed by atoms with E-state index in [4.69, 9.17) is 16.0 Å². The molecule has 42 heavy (non-hydrogen) atoms. The monoisotopic (exact) mass is 613 g/mol. The molecule has 0 aliphatic rings. The fraction of sp³-hybridized carbons (Fsp3) is 0.200. The molecule has 1 aromatic heterocycles. The molecular formula is C30H29ClFN3O6S. The summed E-state index contributed by atoms with van der Waals surface area (Å²) < 4.78 is 56.6. The van der Waals surface area contributed by atoms with Crippen LogP contribution in [0.15, 0.2) is 89.5 Å². The minimum Gasteiger partial charge on any atom is -0.467 e. The van der Waals surface area contributed by atoms with Crippen LogP contribution in [0.5, 0.6) is 0 Å². The SMILES string of the molecule is CCCC(=O)N(C)c1ccc(N(c2ccc(Cl)cc2CN(Cc2ccco2)C(=O)c2ccccc2F)S(=O)(=O)O)cc1. The second kappa shape index (κ2) is 13.2. The van der Waals surface area contributed by atoms with E-state index in [1.54, 1.807) is 31.3 Å². The van der Waals surface area contributed by atoms with Crippen LogP contribution in [0.25, 0.3) is 0 Å². The van der Waals surface area contributed by atoms with Gasteiger partial charge in [0.15, 0.2) is 0 Å². The lowest BCUT2D eigenvalue weighted by molar-refractivity contribution is -0.118. The Morgan fingerprint density at radius 2 is 1.64 bits per heavy atom. The number of anilines is 3. The van der Waals surface area contributed by atoms with Crippen molar-refractivity contribution >= 4 is 50.8 Å². The van der Waals surface area contributed by atoms with E-state index < -0.39 is 22.0 Å². The summed E-state index contributed by atoms with van der Waals surface area (Å²) >= 11 is 6.29. The van der Waals surface area contributed by atoms with Crippen LogP contribution < -0.4 is 9.21 Å². The van der Waals surface area contributed by atoms with Gasteiger partial charge in [-0.15, -0.1) is 0 Å². The maximum atomic E-state index is 14.6. The van der Waals surface area contributed by atoms with Crippen LogP contribution in [0.4, 0.5) is 21.5 Å². The summed E-state index contributed by atoms with van der Waals surface area (Å²) in [5, 5.41) is 0.242. The van der Waals surface area contributed by atoms with Crippen molar-refractivity contribution in [3.8, 4) is 0 Å². The van der Waals surface area contributed by atoms with Gasteiger partial charge in [0.2, 0.25) is 5.91 Å². The third-order valence-corrected chi connectivity index (χ3v) is 7.58. The molecule has 0 bridgehead atoms. The molecule has 0 fully saturated rings. The highest BCUT2D eigenvalue weighted by molar-refractivity contribution is 7.87. The highest BCUT2D eigenvalue weighted by Gasteiger charge is 2.28. The summed E-state index contributed by atoms with van der Waals surface area (Å²) in [6.45, 7) is 1.61. The van der Waals surface area contributed by atoms with Crippen molar-refractivity contribution in [3.63, 3.8) is 0 Å². The molecular weight excluding hydrogens is 585 g/mol. The Hall–Kier alpha value is -4.19. The first kappa shape index (κ1) is 30.8. The first-order chi connectivity index (χ1) is 20.0. The molecule has 12 heteroatoms. The summed E-state index contributed by atoms with van der Waals surface area (Å²) in [7, 11) is -3.29. The predicted octanol–water partition coefficient (Wildman–Crippen LogP) is 6.62. The van der Waals surface area contributed by atoms with Crippen molar-refractivity contribution in [2.75, 3.05) is 16.3 Å². The van der Waals surface area contributed by atoms with Crippen molar-refractivity contribution < 1.29 is 31.4 Å². The molecule has 0 radical (unpaired) electrons. The molecule has 3 aromatic carbocycles. The average Bonchev–Trinajstić information content (AvgIpc) is 3.46. The first-order valence-corrected chi connectivity index (χ1v) is 14.8. The highest BCUT2D eigenvalue weighted by Crippen LogP contribution is 2.35. The van der Waals surface area contributed by atoms with E-state index in [-0.39, 0.29) is 46.5 Å². The van der Waals surface area contributed by atoms with Crippen molar-refractivity contribution in [1.29, 1.82) is 0 Å². The van der Waals surface area contributed by atoms with Gasteiger partial charge in [0.25, 0.3) is 5.91 Å². The maximum Gasteiger partial charge on any atom is 0.364 e. The summed E-state index contributed by atoms with van der Waals surface area (Å²) in [4.78, 5) is 28.6. The third-order valence-electron chi connectivity index (χ3n) is 6.48. The molecule has 0 saturated heterocycles. The summed E-state index contributed by atoms with van der Waals surface area (Å²) in [5.74, 6) is -1.08. The fourth-order valence-electron chi connectivity index (χ4n) is 4.41. The zero-order valence-electron chi connectivity index (χ0n) is 22.9. The molecule has 220 valence electrons. The van der Waals surface area contributed by atoms with Crippen LogP contribution in [0.1, 0.15) is 41.4 Å². The lowest BCUT2D eigenvalue weighted by Crippen LogP contribution is -2.32. The molecule has 9 nitrogen and oxygen atoms in total. The van der Waals surface area contributed by atoms with Crippen LogP contribution in [0.2, 0.25) is 5.02 Å². The minimum absolute atomic E-state index is 0.0100. The Morgan fingerprint density at radius 1 is 0.952 bits per heavy atom. The van der Waals surface area contributed by atoms with Gasteiger partial charge in [0.1, 0.15) is 11.6 Å². The smallest absolute Gasteiger partial charge is 0.364 e. The second-order valence-corrected chi connectivity index (χ2v) is 11.2. The molecule has 0 unspecified atom stereocenters. The van der Waals surface area contributed by atoms with Gasteiger partial charge in [-0.3, -0.25) is 14.1 Å². The van der Waals surface area contributed by atoms with E-state index in [1.165, 1.54) is 70.7 Å². The van der Waals surface area contributed by atoms with Crippen LogP contribution in [0.3, 0.4) is 0 Å². The van der Waals surface area contributed by atoms with Crippen molar-refractivity contribution in [2.45, 2.75) is 32.9 Å². The van der Waals surface area contributed by atoms with Crippen LogP contribution in [-0.2, 0) is 28.2 Å². The Balaban J connectivity index is 1.76. The largest absolute Gasteiger partial charge is 0.467 e. The number of rotatable bonds is 11. The summed E-state index contributed by atoms with van der Waals surface area (Å²) in [6.07, 6.45) is 2.46. The van der Waals surface area contributed by atoms with Gasteiger partial charge in [-0.1, -0.05) is 30.7 Å². The van der Waals surface area contributed by atoms with Gasteiger partial charge in [0.05, 0.1) is 29.7 Å². The number of hydrogen-bond donors (Lipinski definition) is 1. The standard InChI is InChI=1S/C30H29ClFN3O6S/c1-3-7-29(36)33(2)23-12-14-24(15-13-23)35(42(38,39)40)28-16-11-22(31)18-21(28)19-34(20-25-8-6-17-41-25)30(37)26-9-4-5-10-27(26)32/h4-6,8-18H,3,7,19-20H2,1-2H3,(H,38,39,40). The van der Waals surface area contributed by atoms with E-state index in [9.17, 15) is 27.0 Å². The Kier molecular flexibility index (Phi) is 9.66. The molecule has 0 saturated carbocycles. The van der Waals surface area contributed by atoms with Gasteiger partial charge in [-0.25, -0.2) is 8.70 Å². The molecule has 1 N–H and O–H groups in total. The highest BCUT2D eigenvalue weighted by atomic mass is 35.5. The normalized spacial score (nSPS) is 11.3. The van der Waals surface area contributed by atoms with E-state index >= 15 is 0 Å². The number of benzene rings is 3. The molecule has 4 aromatic rings. The predicted molar refractivity (Wildman–Crippen MR) is 159 cm³/mol. The molecule has 4 rings (SSSR count). The Bertz CT molecular complexity index is 1660. The van der Waals surface area contributed by atoms with Crippen LogP contribution in [-0.4, -0.2) is 36.7 Å². The lowest BCUT2D eigenvalue weighted by Gasteiger charge is -2.28. The molecule has 0 atom stereocenters. The summed E-state index contributed by atoms with van der Waals surface area (Å²) in [5.41, 5.74) is 0.672. The van der Waals surface area contributed by atoms with Gasteiger partial charge in [0, 0.05) is 30.7 Å². The first-order valence-electron chi connectivity index (χ1n) is 13.0. The van der Waals surface area contributed by atoms with Gasteiger partial charge in [-0.05, 0) is 78.7 Å². The third kappa shape index (κ3) is 7.17. The fourth-order valence-corrected chi connectivity index (χ4v) is 5.42. The number of carbonyl (C=O) groups is 2. The average molecular weight is 614 g/mol. The van der Waals surface area contributed by atoms with Crippen molar-refractivity contribution in [2.24, 2.45) is 0 Å². The number of amides is 2. The van der Waals surface area contributed by atoms with Crippen LogP contribution in [0, 0.1) is 5.82 Å². The van der Waals surface area contributed by atoms with Gasteiger partial charge >= 0.3 is 10.3 Å².